The molecule has 1 atom stereocenters. The van der Waals surface area contributed by atoms with Gasteiger partial charge in [-0.1, -0.05) is 19.9 Å². The Labute approximate surface area is 195 Å². The number of aryl methyl sites for hydroxylation is 2. The summed E-state index contributed by atoms with van der Waals surface area (Å²) in [4.78, 5) is 12.3. The van der Waals surface area contributed by atoms with Gasteiger partial charge in [-0.05, 0) is 73.4 Å². The zero-order chi connectivity index (χ0) is 24.4. The van der Waals surface area contributed by atoms with Gasteiger partial charge in [0, 0.05) is 12.8 Å². The molecule has 0 fully saturated rings. The van der Waals surface area contributed by atoms with E-state index in [9.17, 15) is 25.2 Å². The molecular formula is C26H36O7. The van der Waals surface area contributed by atoms with Crippen LogP contribution in [0.25, 0.3) is 0 Å². The third-order valence-electron chi connectivity index (χ3n) is 5.46. The summed E-state index contributed by atoms with van der Waals surface area (Å²) in [5.41, 5.74) is 1.58. The van der Waals surface area contributed by atoms with Gasteiger partial charge in [0.05, 0.1) is 19.8 Å². The standard InChI is InChI=1S/C26H36O7/c1-17(2)5-4-12-33-25-15-19(13-23(30)26(25)31)7-10-21(28)16-20(27)9-6-18-8-11-22(29)24(14-18)32-3/h8,11,13-15,17,20,27,29-31H,4-7,9-10,12,16H2,1-3H3. The van der Waals surface area contributed by atoms with E-state index in [2.05, 4.69) is 13.8 Å². The summed E-state index contributed by atoms with van der Waals surface area (Å²) in [7, 11) is 1.47. The minimum Gasteiger partial charge on any atom is -0.504 e. The average Bonchev–Trinajstić information content (AvgIpc) is 2.77. The lowest BCUT2D eigenvalue weighted by atomic mass is 9.99. The van der Waals surface area contributed by atoms with Crippen LogP contribution in [0, 0.1) is 5.92 Å². The molecule has 0 aliphatic rings. The molecule has 0 bridgehead atoms. The van der Waals surface area contributed by atoms with E-state index in [4.69, 9.17) is 9.47 Å². The van der Waals surface area contributed by atoms with E-state index in [0.29, 0.717) is 43.1 Å². The van der Waals surface area contributed by atoms with Crippen LogP contribution in [0.5, 0.6) is 28.7 Å². The third-order valence-corrected chi connectivity index (χ3v) is 5.46. The first kappa shape index (κ1) is 26.3. The quantitative estimate of drug-likeness (QED) is 0.242. The number of rotatable bonds is 14. The molecular weight excluding hydrogens is 424 g/mol. The number of Topliss-reactive ketones (excluding diaryl/α,β-unsaturated/α-hetero) is 1. The molecule has 182 valence electrons. The second-order valence-electron chi connectivity index (χ2n) is 8.79. The smallest absolute Gasteiger partial charge is 0.200 e. The van der Waals surface area contributed by atoms with Crippen LogP contribution in [0.4, 0.5) is 0 Å². The van der Waals surface area contributed by atoms with Crippen molar-refractivity contribution in [1.82, 2.24) is 0 Å². The van der Waals surface area contributed by atoms with Crippen molar-refractivity contribution in [2.75, 3.05) is 13.7 Å². The molecule has 7 nitrogen and oxygen atoms in total. The number of aliphatic hydroxyl groups is 1. The number of aliphatic hydroxyl groups excluding tert-OH is 1. The Bertz CT molecular complexity index is 908. The van der Waals surface area contributed by atoms with Crippen molar-refractivity contribution in [3.63, 3.8) is 0 Å². The van der Waals surface area contributed by atoms with Gasteiger partial charge in [0.2, 0.25) is 5.75 Å². The van der Waals surface area contributed by atoms with Gasteiger partial charge in [-0.3, -0.25) is 4.79 Å². The Morgan fingerprint density at radius 1 is 0.939 bits per heavy atom. The Morgan fingerprint density at radius 3 is 2.36 bits per heavy atom. The fourth-order valence-electron chi connectivity index (χ4n) is 3.54. The Kier molecular flexibility index (Phi) is 10.3. The Hall–Kier alpha value is -2.93. The van der Waals surface area contributed by atoms with E-state index in [1.807, 2.05) is 0 Å². The number of phenols is 3. The number of aromatic hydroxyl groups is 3. The Balaban J connectivity index is 1.82. The maximum atomic E-state index is 12.3. The summed E-state index contributed by atoms with van der Waals surface area (Å²) >= 11 is 0. The molecule has 1 unspecified atom stereocenters. The van der Waals surface area contributed by atoms with Gasteiger partial charge in [0.15, 0.2) is 23.0 Å². The number of benzene rings is 2. The molecule has 0 amide bonds. The van der Waals surface area contributed by atoms with Crippen molar-refractivity contribution in [2.45, 2.75) is 64.9 Å². The molecule has 2 aromatic rings. The first-order valence-electron chi connectivity index (χ1n) is 11.4. The predicted molar refractivity (Wildman–Crippen MR) is 126 cm³/mol. The highest BCUT2D eigenvalue weighted by atomic mass is 16.5. The van der Waals surface area contributed by atoms with E-state index in [1.54, 1.807) is 24.3 Å². The number of methoxy groups -OCH3 is 1. The van der Waals surface area contributed by atoms with Crippen LogP contribution in [0.2, 0.25) is 0 Å². The average molecular weight is 461 g/mol. The van der Waals surface area contributed by atoms with Crippen LogP contribution >= 0.6 is 0 Å². The van der Waals surface area contributed by atoms with Crippen molar-refractivity contribution < 1.29 is 34.7 Å². The van der Waals surface area contributed by atoms with Gasteiger partial charge in [-0.15, -0.1) is 0 Å². The van der Waals surface area contributed by atoms with E-state index in [1.165, 1.54) is 13.2 Å². The molecule has 33 heavy (non-hydrogen) atoms. The molecule has 0 aliphatic heterocycles. The highest BCUT2D eigenvalue weighted by Gasteiger charge is 2.15. The topological polar surface area (TPSA) is 116 Å². The monoisotopic (exact) mass is 460 g/mol. The maximum Gasteiger partial charge on any atom is 0.200 e. The molecule has 0 aliphatic carbocycles. The van der Waals surface area contributed by atoms with Crippen LogP contribution in [-0.4, -0.2) is 46.0 Å². The van der Waals surface area contributed by atoms with E-state index >= 15 is 0 Å². The lowest BCUT2D eigenvalue weighted by Gasteiger charge is -2.13. The number of hydrogen-bond acceptors (Lipinski definition) is 7. The van der Waals surface area contributed by atoms with Gasteiger partial charge < -0.3 is 29.9 Å². The van der Waals surface area contributed by atoms with Crippen LogP contribution in [0.15, 0.2) is 30.3 Å². The second kappa shape index (κ2) is 12.9. The third kappa shape index (κ3) is 8.85. The van der Waals surface area contributed by atoms with Crippen LogP contribution in [0.3, 0.4) is 0 Å². The molecule has 0 radical (unpaired) electrons. The number of carbonyl (C=O) groups excluding carboxylic acids is 1. The molecule has 2 rings (SSSR count). The van der Waals surface area contributed by atoms with Gasteiger partial charge in [0.1, 0.15) is 5.78 Å². The zero-order valence-electron chi connectivity index (χ0n) is 19.7. The summed E-state index contributed by atoms with van der Waals surface area (Å²) < 4.78 is 10.7. The lowest BCUT2D eigenvalue weighted by molar-refractivity contribution is -0.121. The molecule has 0 heterocycles. The fourth-order valence-corrected chi connectivity index (χ4v) is 3.54. The molecule has 2 aromatic carbocycles. The second-order valence-corrected chi connectivity index (χ2v) is 8.79. The molecule has 0 aromatic heterocycles. The van der Waals surface area contributed by atoms with Crippen molar-refractivity contribution in [1.29, 1.82) is 0 Å². The summed E-state index contributed by atoms with van der Waals surface area (Å²) in [6, 6.07) is 8.08. The maximum absolute atomic E-state index is 12.3. The first-order chi connectivity index (χ1) is 15.7. The van der Waals surface area contributed by atoms with Gasteiger partial charge in [-0.25, -0.2) is 0 Å². The normalized spacial score (nSPS) is 12.0. The SMILES string of the molecule is COc1cc(CCC(O)CC(=O)CCc2cc(O)c(O)c(OCCCC(C)C)c2)ccc1O. The molecule has 4 N–H and O–H groups in total. The van der Waals surface area contributed by atoms with Gasteiger partial charge in [-0.2, -0.15) is 0 Å². The fraction of sp³-hybridized carbons (Fsp3) is 0.500. The number of carbonyl (C=O) groups is 1. The highest BCUT2D eigenvalue weighted by Crippen LogP contribution is 2.37. The van der Waals surface area contributed by atoms with Crippen LogP contribution < -0.4 is 9.47 Å². The van der Waals surface area contributed by atoms with Crippen molar-refractivity contribution in [3.8, 4) is 28.7 Å². The summed E-state index contributed by atoms with van der Waals surface area (Å²) in [5.74, 6) is 0.550. The predicted octanol–water partition coefficient (Wildman–Crippen LogP) is 4.51. The van der Waals surface area contributed by atoms with E-state index in [0.717, 1.165) is 18.4 Å². The number of ether oxygens (including phenoxy) is 2. The van der Waals surface area contributed by atoms with Crippen molar-refractivity contribution in [3.05, 3.63) is 41.5 Å². The largest absolute Gasteiger partial charge is 0.504 e. The van der Waals surface area contributed by atoms with E-state index < -0.39 is 6.10 Å². The summed E-state index contributed by atoms with van der Waals surface area (Å²) in [6.45, 7) is 4.69. The molecule has 0 saturated heterocycles. The number of phenolic OH excluding ortho intramolecular Hbond substituents is 3. The van der Waals surface area contributed by atoms with Gasteiger partial charge in [0.25, 0.3) is 0 Å². The van der Waals surface area contributed by atoms with Gasteiger partial charge >= 0.3 is 0 Å². The van der Waals surface area contributed by atoms with Crippen LogP contribution in [0.1, 0.15) is 57.1 Å². The number of ketones is 1. The Morgan fingerprint density at radius 2 is 1.67 bits per heavy atom. The molecule has 0 spiro atoms. The van der Waals surface area contributed by atoms with Crippen molar-refractivity contribution >= 4 is 5.78 Å². The van der Waals surface area contributed by atoms with E-state index in [-0.39, 0.29) is 41.6 Å². The summed E-state index contributed by atoms with van der Waals surface area (Å²) in [6.07, 6.45) is 2.66. The summed E-state index contributed by atoms with van der Waals surface area (Å²) in [5, 5.41) is 39.9. The zero-order valence-corrected chi connectivity index (χ0v) is 19.7. The molecule has 7 heteroatoms. The van der Waals surface area contributed by atoms with Crippen LogP contribution in [-0.2, 0) is 17.6 Å². The lowest BCUT2D eigenvalue weighted by Crippen LogP contribution is -2.15. The number of hydrogen-bond donors (Lipinski definition) is 4. The minimum atomic E-state index is -0.773. The first-order valence-corrected chi connectivity index (χ1v) is 11.4. The molecule has 0 saturated carbocycles. The highest BCUT2D eigenvalue weighted by molar-refractivity contribution is 5.79. The minimum absolute atomic E-state index is 0.0395. The van der Waals surface area contributed by atoms with Crippen molar-refractivity contribution in [2.24, 2.45) is 5.92 Å².